The molecule has 0 saturated heterocycles. The van der Waals surface area contributed by atoms with Gasteiger partial charge in [0.2, 0.25) is 0 Å². The molecule has 2 rings (SSSR count). The average molecular weight is 262 g/mol. The quantitative estimate of drug-likeness (QED) is 0.603. The zero-order valence-electron chi connectivity index (χ0n) is 10.1. The Kier molecular flexibility index (Phi) is 4.04. The first-order valence-electron chi connectivity index (χ1n) is 5.90. The van der Waals surface area contributed by atoms with E-state index < -0.39 is 4.92 Å². The number of non-ortho nitro benzene ring substituents is 1. The van der Waals surface area contributed by atoms with Crippen LogP contribution in [0.5, 0.6) is 0 Å². The first kappa shape index (κ1) is 12.7. The van der Waals surface area contributed by atoms with Crippen LogP contribution in [0.3, 0.4) is 0 Å². The fourth-order valence-electron chi connectivity index (χ4n) is 1.64. The maximum absolute atomic E-state index is 10.6. The molecule has 0 radical (unpaired) electrons. The summed E-state index contributed by atoms with van der Waals surface area (Å²) in [6.07, 6.45) is 3.30. The van der Waals surface area contributed by atoms with Crippen LogP contribution in [0, 0.1) is 10.1 Å². The number of nitrogens with zero attached hydrogens (tertiary/aromatic N) is 2. The number of hydrogen-bond acceptors (Lipinski definition) is 4. The zero-order valence-corrected chi connectivity index (χ0v) is 10.9. The molecule has 0 aliphatic carbocycles. The van der Waals surface area contributed by atoms with Crippen LogP contribution >= 0.6 is 11.3 Å². The van der Waals surface area contributed by atoms with Gasteiger partial charge in [-0.1, -0.05) is 13.3 Å². The summed E-state index contributed by atoms with van der Waals surface area (Å²) in [6, 6.07) is 6.53. The standard InChI is InChI=1S/C13H14N2O2S/c1-2-3-4-11-9-18-13(14-11)10-5-7-12(8-6-10)15(16)17/h5-9H,2-4H2,1H3. The Labute approximate surface area is 109 Å². The summed E-state index contributed by atoms with van der Waals surface area (Å²) in [4.78, 5) is 14.7. The maximum Gasteiger partial charge on any atom is 0.269 e. The minimum atomic E-state index is -0.391. The van der Waals surface area contributed by atoms with Crippen LogP contribution in [0.25, 0.3) is 10.6 Å². The molecule has 0 N–H and O–H groups in total. The predicted octanol–water partition coefficient (Wildman–Crippen LogP) is 4.06. The predicted molar refractivity (Wildman–Crippen MR) is 72.8 cm³/mol. The maximum atomic E-state index is 10.6. The molecular formula is C13H14N2O2S. The Morgan fingerprint density at radius 1 is 1.33 bits per heavy atom. The first-order valence-corrected chi connectivity index (χ1v) is 6.78. The lowest BCUT2D eigenvalue weighted by Crippen LogP contribution is -1.87. The van der Waals surface area contributed by atoms with Crippen molar-refractivity contribution >= 4 is 17.0 Å². The minimum absolute atomic E-state index is 0.113. The van der Waals surface area contributed by atoms with Crippen LogP contribution in [0.15, 0.2) is 29.6 Å². The molecule has 0 unspecified atom stereocenters. The van der Waals surface area contributed by atoms with Crippen molar-refractivity contribution in [3.8, 4) is 10.6 Å². The summed E-state index contributed by atoms with van der Waals surface area (Å²) in [5, 5.41) is 13.6. The summed E-state index contributed by atoms with van der Waals surface area (Å²) >= 11 is 1.59. The van der Waals surface area contributed by atoms with E-state index in [0.717, 1.165) is 35.5 Å². The van der Waals surface area contributed by atoms with Gasteiger partial charge in [0.1, 0.15) is 5.01 Å². The van der Waals surface area contributed by atoms with Crippen LogP contribution in [0.2, 0.25) is 0 Å². The minimum Gasteiger partial charge on any atom is -0.258 e. The van der Waals surface area contributed by atoms with Crippen molar-refractivity contribution in [1.29, 1.82) is 0 Å². The highest BCUT2D eigenvalue weighted by molar-refractivity contribution is 7.13. The number of nitro benzene ring substituents is 1. The van der Waals surface area contributed by atoms with E-state index in [1.54, 1.807) is 23.5 Å². The molecule has 2 aromatic rings. The summed E-state index contributed by atoms with van der Waals surface area (Å²) in [5.41, 5.74) is 2.16. The Hall–Kier alpha value is -1.75. The van der Waals surface area contributed by atoms with Gasteiger partial charge in [0.25, 0.3) is 5.69 Å². The third kappa shape index (κ3) is 2.92. The second-order valence-electron chi connectivity index (χ2n) is 4.05. The molecule has 0 aliphatic rings. The fraction of sp³-hybridized carbons (Fsp3) is 0.308. The molecule has 4 nitrogen and oxygen atoms in total. The number of thiazole rings is 1. The highest BCUT2D eigenvalue weighted by atomic mass is 32.1. The van der Waals surface area contributed by atoms with Gasteiger partial charge in [0, 0.05) is 23.1 Å². The lowest BCUT2D eigenvalue weighted by Gasteiger charge is -1.96. The van der Waals surface area contributed by atoms with E-state index >= 15 is 0 Å². The fourth-order valence-corrected chi connectivity index (χ4v) is 2.50. The van der Waals surface area contributed by atoms with Crippen molar-refractivity contribution in [3.05, 3.63) is 45.5 Å². The molecule has 1 aromatic carbocycles. The number of unbranched alkanes of at least 4 members (excludes halogenated alkanes) is 1. The lowest BCUT2D eigenvalue weighted by atomic mass is 10.2. The summed E-state index contributed by atoms with van der Waals surface area (Å²) in [6.45, 7) is 2.16. The third-order valence-electron chi connectivity index (χ3n) is 2.66. The Morgan fingerprint density at radius 2 is 2.06 bits per heavy atom. The van der Waals surface area contributed by atoms with Gasteiger partial charge >= 0.3 is 0 Å². The SMILES string of the molecule is CCCCc1csc(-c2ccc([N+](=O)[O-])cc2)n1. The molecule has 0 amide bonds. The van der Waals surface area contributed by atoms with Crippen LogP contribution < -0.4 is 0 Å². The van der Waals surface area contributed by atoms with E-state index in [9.17, 15) is 10.1 Å². The molecule has 0 fully saturated rings. The van der Waals surface area contributed by atoms with Crippen molar-refractivity contribution in [2.45, 2.75) is 26.2 Å². The van der Waals surface area contributed by atoms with E-state index in [2.05, 4.69) is 17.3 Å². The molecule has 0 bridgehead atoms. The van der Waals surface area contributed by atoms with E-state index in [-0.39, 0.29) is 5.69 Å². The third-order valence-corrected chi connectivity index (χ3v) is 3.60. The Bertz CT molecular complexity index is 534. The summed E-state index contributed by atoms with van der Waals surface area (Å²) < 4.78 is 0. The van der Waals surface area contributed by atoms with Crippen LogP contribution in [-0.4, -0.2) is 9.91 Å². The molecule has 1 aromatic heterocycles. The van der Waals surface area contributed by atoms with Gasteiger partial charge < -0.3 is 0 Å². The molecule has 0 atom stereocenters. The van der Waals surface area contributed by atoms with Gasteiger partial charge in [-0.3, -0.25) is 10.1 Å². The second-order valence-corrected chi connectivity index (χ2v) is 4.91. The number of hydrogen-bond donors (Lipinski definition) is 0. The monoisotopic (exact) mass is 262 g/mol. The molecule has 18 heavy (non-hydrogen) atoms. The molecule has 94 valence electrons. The number of rotatable bonds is 5. The smallest absolute Gasteiger partial charge is 0.258 e. The van der Waals surface area contributed by atoms with Crippen molar-refractivity contribution in [2.24, 2.45) is 0 Å². The molecule has 0 saturated carbocycles. The van der Waals surface area contributed by atoms with Crippen molar-refractivity contribution in [1.82, 2.24) is 4.98 Å². The topological polar surface area (TPSA) is 56.0 Å². The summed E-state index contributed by atoms with van der Waals surface area (Å²) in [5.74, 6) is 0. The Balaban J connectivity index is 2.15. The molecule has 1 heterocycles. The number of nitro groups is 1. The largest absolute Gasteiger partial charge is 0.269 e. The average Bonchev–Trinajstić information content (AvgIpc) is 2.85. The highest BCUT2D eigenvalue weighted by Gasteiger charge is 2.08. The van der Waals surface area contributed by atoms with Gasteiger partial charge in [0.15, 0.2) is 0 Å². The van der Waals surface area contributed by atoms with Crippen molar-refractivity contribution in [3.63, 3.8) is 0 Å². The van der Waals surface area contributed by atoms with E-state index in [1.165, 1.54) is 12.1 Å². The molecule has 0 aliphatic heterocycles. The number of benzene rings is 1. The number of aromatic nitrogens is 1. The van der Waals surface area contributed by atoms with Gasteiger partial charge in [-0.05, 0) is 25.0 Å². The van der Waals surface area contributed by atoms with Crippen LogP contribution in [0.4, 0.5) is 5.69 Å². The zero-order chi connectivity index (χ0) is 13.0. The van der Waals surface area contributed by atoms with Gasteiger partial charge in [0.05, 0.1) is 10.6 Å². The lowest BCUT2D eigenvalue weighted by molar-refractivity contribution is -0.384. The molecule has 5 heteroatoms. The van der Waals surface area contributed by atoms with Gasteiger partial charge in [-0.2, -0.15) is 0 Å². The normalized spacial score (nSPS) is 10.5. The van der Waals surface area contributed by atoms with E-state index in [1.807, 2.05) is 0 Å². The van der Waals surface area contributed by atoms with Crippen LogP contribution in [0.1, 0.15) is 25.5 Å². The van der Waals surface area contributed by atoms with Gasteiger partial charge in [-0.25, -0.2) is 4.98 Å². The van der Waals surface area contributed by atoms with Crippen LogP contribution in [-0.2, 0) is 6.42 Å². The molecular weight excluding hydrogens is 248 g/mol. The van der Waals surface area contributed by atoms with E-state index in [4.69, 9.17) is 0 Å². The van der Waals surface area contributed by atoms with Crippen molar-refractivity contribution < 1.29 is 4.92 Å². The van der Waals surface area contributed by atoms with Crippen molar-refractivity contribution in [2.75, 3.05) is 0 Å². The van der Waals surface area contributed by atoms with E-state index in [0.29, 0.717) is 0 Å². The van der Waals surface area contributed by atoms with Gasteiger partial charge in [-0.15, -0.1) is 11.3 Å². The number of aryl methyl sites for hydroxylation is 1. The Morgan fingerprint density at radius 3 is 2.67 bits per heavy atom. The second kappa shape index (κ2) is 5.73. The summed E-state index contributed by atoms with van der Waals surface area (Å²) in [7, 11) is 0. The highest BCUT2D eigenvalue weighted by Crippen LogP contribution is 2.26. The molecule has 0 spiro atoms. The first-order chi connectivity index (χ1) is 8.70.